The molecule has 0 heterocycles. The fourth-order valence-electron chi connectivity index (χ4n) is 1.85. The minimum Gasteiger partial charge on any atom is -0.456 e. The highest BCUT2D eigenvalue weighted by Gasteiger charge is 2.31. The van der Waals surface area contributed by atoms with Gasteiger partial charge in [-0.1, -0.05) is 0 Å². The number of halogens is 7. The van der Waals surface area contributed by atoms with Crippen molar-refractivity contribution in [2.24, 2.45) is 0 Å². The SMILES string of the molecule is O=C(Cl)c1c(Oc2ccc(OC(F)(F)F)cc2)ccc(C(F)F)c1F. The van der Waals surface area contributed by atoms with Crippen LogP contribution in [0.25, 0.3) is 0 Å². The van der Waals surface area contributed by atoms with Crippen molar-refractivity contribution < 1.29 is 40.6 Å². The van der Waals surface area contributed by atoms with E-state index in [1.165, 1.54) is 0 Å². The Morgan fingerprint density at radius 3 is 2.04 bits per heavy atom. The summed E-state index contributed by atoms with van der Waals surface area (Å²) in [5, 5.41) is -1.37. The lowest BCUT2D eigenvalue weighted by Crippen LogP contribution is -2.16. The first-order valence-corrected chi connectivity index (χ1v) is 6.80. The van der Waals surface area contributed by atoms with Crippen LogP contribution in [0.4, 0.5) is 26.3 Å². The predicted molar refractivity (Wildman–Crippen MR) is 74.7 cm³/mol. The Morgan fingerprint density at radius 2 is 1.56 bits per heavy atom. The summed E-state index contributed by atoms with van der Waals surface area (Å²) in [6.07, 6.45) is -8.06. The number of rotatable bonds is 5. The van der Waals surface area contributed by atoms with Crippen LogP contribution in [0.3, 0.4) is 0 Å². The molecule has 25 heavy (non-hydrogen) atoms. The van der Waals surface area contributed by atoms with Gasteiger partial charge in [-0.05, 0) is 48.0 Å². The Bertz CT molecular complexity index is 774. The van der Waals surface area contributed by atoms with Crippen LogP contribution in [0.1, 0.15) is 22.3 Å². The average molecular weight is 385 g/mol. The van der Waals surface area contributed by atoms with E-state index in [0.29, 0.717) is 6.07 Å². The fourth-order valence-corrected chi connectivity index (χ4v) is 2.02. The van der Waals surface area contributed by atoms with E-state index >= 15 is 0 Å². The highest BCUT2D eigenvalue weighted by Crippen LogP contribution is 2.34. The number of alkyl halides is 5. The van der Waals surface area contributed by atoms with E-state index in [0.717, 1.165) is 30.3 Å². The molecular formula is C15H7ClF6O3. The highest BCUT2D eigenvalue weighted by atomic mass is 35.5. The Balaban J connectivity index is 2.31. The summed E-state index contributed by atoms with van der Waals surface area (Å²) < 4.78 is 84.3. The summed E-state index contributed by atoms with van der Waals surface area (Å²) in [7, 11) is 0. The first kappa shape index (κ1) is 18.9. The van der Waals surface area contributed by atoms with Crippen molar-refractivity contribution in [1.29, 1.82) is 0 Å². The highest BCUT2D eigenvalue weighted by molar-refractivity contribution is 6.68. The molecule has 0 saturated heterocycles. The maximum atomic E-state index is 14.0. The second-order valence-corrected chi connectivity index (χ2v) is 4.88. The summed E-state index contributed by atoms with van der Waals surface area (Å²) in [6, 6.07) is 5.52. The average Bonchev–Trinajstić information content (AvgIpc) is 2.47. The van der Waals surface area contributed by atoms with Gasteiger partial charge in [-0.3, -0.25) is 4.79 Å². The number of ether oxygens (including phenoxy) is 2. The van der Waals surface area contributed by atoms with Gasteiger partial charge in [0.05, 0.1) is 5.56 Å². The summed E-state index contributed by atoms with van der Waals surface area (Å²) in [6.45, 7) is 0. The van der Waals surface area contributed by atoms with Crippen molar-refractivity contribution in [3.05, 3.63) is 53.3 Å². The zero-order chi connectivity index (χ0) is 18.8. The van der Waals surface area contributed by atoms with Crippen LogP contribution >= 0.6 is 11.6 Å². The summed E-state index contributed by atoms with van der Waals surface area (Å²) in [4.78, 5) is 11.3. The fraction of sp³-hybridized carbons (Fsp3) is 0.133. The summed E-state index contributed by atoms with van der Waals surface area (Å²) in [5.41, 5.74) is -1.94. The van der Waals surface area contributed by atoms with Gasteiger partial charge in [-0.25, -0.2) is 13.2 Å². The van der Waals surface area contributed by atoms with Gasteiger partial charge in [0, 0.05) is 0 Å². The maximum Gasteiger partial charge on any atom is 0.573 e. The van der Waals surface area contributed by atoms with E-state index < -0.39 is 46.5 Å². The third-order valence-corrected chi connectivity index (χ3v) is 3.04. The van der Waals surface area contributed by atoms with E-state index in [4.69, 9.17) is 16.3 Å². The van der Waals surface area contributed by atoms with E-state index in [2.05, 4.69) is 4.74 Å². The van der Waals surface area contributed by atoms with Gasteiger partial charge in [0.15, 0.2) is 0 Å². The predicted octanol–water partition coefficient (Wildman–Crippen LogP) is 5.83. The van der Waals surface area contributed by atoms with Crippen molar-refractivity contribution in [3.63, 3.8) is 0 Å². The number of carbonyl (C=O) groups excluding carboxylic acids is 1. The quantitative estimate of drug-likeness (QED) is 0.480. The molecule has 0 saturated carbocycles. The van der Waals surface area contributed by atoms with Crippen molar-refractivity contribution in [2.45, 2.75) is 12.8 Å². The topological polar surface area (TPSA) is 35.5 Å². The summed E-state index contributed by atoms with van der Waals surface area (Å²) >= 11 is 5.21. The Hall–Kier alpha value is -2.42. The molecule has 2 rings (SSSR count). The van der Waals surface area contributed by atoms with Crippen molar-refractivity contribution in [2.75, 3.05) is 0 Å². The molecule has 0 unspecified atom stereocenters. The molecule has 134 valence electrons. The van der Waals surface area contributed by atoms with Crippen molar-refractivity contribution in [3.8, 4) is 17.2 Å². The molecule has 0 radical (unpaired) electrons. The van der Waals surface area contributed by atoms with Crippen LogP contribution < -0.4 is 9.47 Å². The van der Waals surface area contributed by atoms with Crippen LogP contribution in [0, 0.1) is 5.82 Å². The van der Waals surface area contributed by atoms with Gasteiger partial charge in [0.2, 0.25) is 0 Å². The molecule has 0 fully saturated rings. The molecule has 0 aliphatic rings. The zero-order valence-electron chi connectivity index (χ0n) is 11.9. The first-order valence-electron chi connectivity index (χ1n) is 6.42. The normalized spacial score (nSPS) is 11.5. The molecule has 0 atom stereocenters. The van der Waals surface area contributed by atoms with Gasteiger partial charge in [0.25, 0.3) is 11.7 Å². The number of hydrogen-bond donors (Lipinski definition) is 0. The Labute approximate surface area is 141 Å². The minimum atomic E-state index is -4.88. The molecule has 0 aliphatic carbocycles. The third-order valence-electron chi connectivity index (χ3n) is 2.85. The Morgan fingerprint density at radius 1 is 1.00 bits per heavy atom. The van der Waals surface area contributed by atoms with E-state index in [1.807, 2.05) is 0 Å². The molecule has 0 spiro atoms. The van der Waals surface area contributed by atoms with Crippen LogP contribution in [-0.4, -0.2) is 11.6 Å². The van der Waals surface area contributed by atoms with Gasteiger partial charge in [0.1, 0.15) is 28.6 Å². The molecule has 2 aromatic rings. The van der Waals surface area contributed by atoms with Crippen LogP contribution in [0.15, 0.2) is 36.4 Å². The zero-order valence-corrected chi connectivity index (χ0v) is 12.7. The summed E-state index contributed by atoms with van der Waals surface area (Å²) in [5.74, 6) is -2.64. The van der Waals surface area contributed by atoms with Gasteiger partial charge in [-0.2, -0.15) is 0 Å². The molecule has 3 nitrogen and oxygen atoms in total. The largest absolute Gasteiger partial charge is 0.573 e. The van der Waals surface area contributed by atoms with Gasteiger partial charge in [-0.15, -0.1) is 13.2 Å². The third kappa shape index (κ3) is 4.79. The molecule has 0 aromatic heterocycles. The molecule has 2 aromatic carbocycles. The number of benzene rings is 2. The monoisotopic (exact) mass is 384 g/mol. The van der Waals surface area contributed by atoms with Crippen molar-refractivity contribution >= 4 is 16.8 Å². The first-order chi connectivity index (χ1) is 11.6. The lowest BCUT2D eigenvalue weighted by atomic mass is 10.1. The van der Waals surface area contributed by atoms with Gasteiger partial charge >= 0.3 is 6.36 Å². The van der Waals surface area contributed by atoms with Gasteiger partial charge < -0.3 is 9.47 Å². The number of hydrogen-bond acceptors (Lipinski definition) is 3. The van der Waals surface area contributed by atoms with Crippen molar-refractivity contribution in [1.82, 2.24) is 0 Å². The molecule has 0 amide bonds. The molecule has 10 heteroatoms. The Kier molecular flexibility index (Phi) is 5.46. The minimum absolute atomic E-state index is 0.0992. The van der Waals surface area contributed by atoms with Crippen LogP contribution in [0.5, 0.6) is 17.2 Å². The van der Waals surface area contributed by atoms with Crippen LogP contribution in [-0.2, 0) is 0 Å². The standard InChI is InChI=1S/C15H7ClF6O3/c16-13(23)11-10(6-5-9(12(11)17)14(18)19)24-7-1-3-8(4-2-7)25-15(20,21)22/h1-6,14H. The maximum absolute atomic E-state index is 14.0. The second kappa shape index (κ2) is 7.22. The van der Waals surface area contributed by atoms with E-state index in [9.17, 15) is 31.1 Å². The van der Waals surface area contributed by atoms with E-state index in [1.54, 1.807) is 0 Å². The molecule has 0 aliphatic heterocycles. The number of carbonyl (C=O) groups is 1. The lowest BCUT2D eigenvalue weighted by Gasteiger charge is -2.13. The lowest BCUT2D eigenvalue weighted by molar-refractivity contribution is -0.274. The second-order valence-electron chi connectivity index (χ2n) is 4.54. The van der Waals surface area contributed by atoms with E-state index in [-0.39, 0.29) is 5.75 Å². The molecular weight excluding hydrogens is 378 g/mol. The smallest absolute Gasteiger partial charge is 0.456 e. The molecule has 0 N–H and O–H groups in total. The molecule has 0 bridgehead atoms. The van der Waals surface area contributed by atoms with Crippen LogP contribution in [0.2, 0.25) is 0 Å².